The van der Waals surface area contributed by atoms with E-state index >= 15 is 0 Å². The lowest BCUT2D eigenvalue weighted by atomic mass is 9.91. The van der Waals surface area contributed by atoms with Crippen LogP contribution in [0.1, 0.15) is 24.5 Å². The minimum Gasteiger partial charge on any atom is -0.373 e. The summed E-state index contributed by atoms with van der Waals surface area (Å²) in [5, 5.41) is 0. The van der Waals surface area contributed by atoms with Gasteiger partial charge in [-0.05, 0) is 19.4 Å². The number of methoxy groups -OCH3 is 1. The summed E-state index contributed by atoms with van der Waals surface area (Å²) >= 11 is 0. The first kappa shape index (κ1) is 13.0. The van der Waals surface area contributed by atoms with Gasteiger partial charge in [-0.1, -0.05) is 29.8 Å². The molecule has 0 N–H and O–H groups in total. The highest BCUT2D eigenvalue weighted by Gasteiger charge is 2.40. The summed E-state index contributed by atoms with van der Waals surface area (Å²) in [5.74, 6) is 0. The third-order valence-electron chi connectivity index (χ3n) is 2.62. The fourth-order valence-electron chi connectivity index (χ4n) is 1.65. The number of hydrogen-bond donors (Lipinski definition) is 0. The van der Waals surface area contributed by atoms with Crippen molar-refractivity contribution in [2.24, 2.45) is 0 Å². The normalized spacial score (nSPS) is 15.9. The third-order valence-corrected chi connectivity index (χ3v) is 2.62. The average molecular weight is 232 g/mol. The Kier molecular flexibility index (Phi) is 3.63. The zero-order chi connectivity index (χ0) is 12.4. The summed E-state index contributed by atoms with van der Waals surface area (Å²) in [5.41, 5.74) is 0.153. The number of ether oxygens (including phenoxy) is 1. The second-order valence-electron chi connectivity index (χ2n) is 4.10. The van der Waals surface area contributed by atoms with E-state index in [-0.39, 0.29) is 0 Å². The average Bonchev–Trinajstić information content (AvgIpc) is 2.15. The molecule has 1 rings (SSSR count). The molecule has 0 amide bonds. The van der Waals surface area contributed by atoms with Crippen LogP contribution in [0.15, 0.2) is 24.3 Å². The Labute approximate surface area is 93.2 Å². The molecule has 16 heavy (non-hydrogen) atoms. The highest BCUT2D eigenvalue weighted by molar-refractivity contribution is 5.27. The molecule has 0 saturated carbocycles. The number of alkyl halides is 3. The van der Waals surface area contributed by atoms with Crippen LogP contribution in [0.5, 0.6) is 0 Å². The first-order valence-corrected chi connectivity index (χ1v) is 4.96. The van der Waals surface area contributed by atoms with E-state index in [1.165, 1.54) is 14.0 Å². The Bertz CT molecular complexity index is 360. The summed E-state index contributed by atoms with van der Waals surface area (Å²) in [6.45, 7) is 3.29. The molecule has 90 valence electrons. The predicted molar refractivity (Wildman–Crippen MR) is 56.2 cm³/mol. The van der Waals surface area contributed by atoms with E-state index in [2.05, 4.69) is 0 Å². The minimum atomic E-state index is -4.24. The van der Waals surface area contributed by atoms with Crippen LogP contribution in [0, 0.1) is 6.92 Å². The first-order chi connectivity index (χ1) is 7.27. The Morgan fingerprint density at radius 1 is 1.25 bits per heavy atom. The van der Waals surface area contributed by atoms with Crippen molar-refractivity contribution in [2.75, 3.05) is 7.11 Å². The SMILES string of the molecule is COC(C)(CC(F)(F)F)c1cccc(C)c1. The van der Waals surface area contributed by atoms with Crippen molar-refractivity contribution >= 4 is 0 Å². The molecule has 0 aliphatic heterocycles. The lowest BCUT2D eigenvalue weighted by Crippen LogP contribution is -2.31. The summed E-state index contributed by atoms with van der Waals surface area (Å²) < 4.78 is 42.4. The summed E-state index contributed by atoms with van der Waals surface area (Å²) in [4.78, 5) is 0. The van der Waals surface area contributed by atoms with Crippen molar-refractivity contribution in [3.63, 3.8) is 0 Å². The number of aryl methyl sites for hydroxylation is 1. The zero-order valence-electron chi connectivity index (χ0n) is 9.56. The largest absolute Gasteiger partial charge is 0.392 e. The van der Waals surface area contributed by atoms with E-state index in [1.807, 2.05) is 13.0 Å². The van der Waals surface area contributed by atoms with Crippen molar-refractivity contribution in [3.8, 4) is 0 Å². The van der Waals surface area contributed by atoms with Crippen LogP contribution >= 0.6 is 0 Å². The lowest BCUT2D eigenvalue weighted by molar-refractivity contribution is -0.181. The predicted octanol–water partition coefficient (Wildman–Crippen LogP) is 3.81. The molecule has 1 atom stereocenters. The molecule has 1 aromatic carbocycles. The van der Waals surface area contributed by atoms with Crippen LogP contribution < -0.4 is 0 Å². The van der Waals surface area contributed by atoms with E-state index in [1.54, 1.807) is 18.2 Å². The molecule has 0 fully saturated rings. The fraction of sp³-hybridized carbons (Fsp3) is 0.500. The molecule has 0 heterocycles. The van der Waals surface area contributed by atoms with Crippen molar-refractivity contribution < 1.29 is 17.9 Å². The van der Waals surface area contributed by atoms with Crippen LogP contribution in [0.3, 0.4) is 0 Å². The monoisotopic (exact) mass is 232 g/mol. The van der Waals surface area contributed by atoms with Crippen LogP contribution in [0.25, 0.3) is 0 Å². The van der Waals surface area contributed by atoms with Gasteiger partial charge >= 0.3 is 6.18 Å². The van der Waals surface area contributed by atoms with Gasteiger partial charge in [0.1, 0.15) is 0 Å². The summed E-state index contributed by atoms with van der Waals surface area (Å²) in [6.07, 6.45) is -5.23. The minimum absolute atomic E-state index is 0.548. The molecular formula is C12H15F3O. The van der Waals surface area contributed by atoms with Gasteiger partial charge in [-0.2, -0.15) is 13.2 Å². The Balaban J connectivity index is 3.05. The summed E-state index contributed by atoms with van der Waals surface area (Å²) in [6, 6.07) is 6.95. The number of benzene rings is 1. The van der Waals surface area contributed by atoms with Crippen LogP contribution in [-0.2, 0) is 10.3 Å². The third kappa shape index (κ3) is 3.23. The second-order valence-corrected chi connectivity index (χ2v) is 4.10. The van der Waals surface area contributed by atoms with Gasteiger partial charge in [0.25, 0.3) is 0 Å². The molecule has 0 aliphatic rings. The van der Waals surface area contributed by atoms with Crippen LogP contribution in [0.2, 0.25) is 0 Å². The van der Waals surface area contributed by atoms with E-state index in [0.29, 0.717) is 5.56 Å². The molecule has 0 aliphatic carbocycles. The van der Waals surface area contributed by atoms with Gasteiger partial charge in [-0.3, -0.25) is 0 Å². The molecule has 0 aromatic heterocycles. The van der Waals surface area contributed by atoms with Gasteiger partial charge in [0, 0.05) is 7.11 Å². The van der Waals surface area contributed by atoms with Gasteiger partial charge in [0.15, 0.2) is 0 Å². The number of halogens is 3. The standard InChI is InChI=1S/C12H15F3O/c1-9-5-4-6-10(7-9)11(2,16-3)8-12(13,14)15/h4-7H,8H2,1-3H3. The topological polar surface area (TPSA) is 9.23 Å². The highest BCUT2D eigenvalue weighted by atomic mass is 19.4. The molecule has 1 aromatic rings. The van der Waals surface area contributed by atoms with Gasteiger partial charge in [-0.15, -0.1) is 0 Å². The molecule has 0 radical (unpaired) electrons. The molecule has 4 heteroatoms. The number of rotatable bonds is 3. The zero-order valence-corrected chi connectivity index (χ0v) is 9.56. The van der Waals surface area contributed by atoms with Crippen molar-refractivity contribution in [2.45, 2.75) is 32.0 Å². The molecule has 0 spiro atoms. The molecular weight excluding hydrogens is 217 g/mol. The quantitative estimate of drug-likeness (QED) is 0.770. The first-order valence-electron chi connectivity index (χ1n) is 4.96. The van der Waals surface area contributed by atoms with Gasteiger partial charge in [0.2, 0.25) is 0 Å². The number of hydrogen-bond acceptors (Lipinski definition) is 1. The molecule has 1 unspecified atom stereocenters. The second kappa shape index (κ2) is 4.45. The maximum absolute atomic E-state index is 12.4. The fourth-order valence-corrected chi connectivity index (χ4v) is 1.65. The maximum Gasteiger partial charge on any atom is 0.392 e. The van der Waals surface area contributed by atoms with E-state index in [4.69, 9.17) is 4.74 Å². The molecule has 1 nitrogen and oxygen atoms in total. The van der Waals surface area contributed by atoms with Gasteiger partial charge in [-0.25, -0.2) is 0 Å². The Morgan fingerprint density at radius 3 is 2.31 bits per heavy atom. The van der Waals surface area contributed by atoms with Crippen LogP contribution in [0.4, 0.5) is 13.2 Å². The maximum atomic E-state index is 12.4. The van der Waals surface area contributed by atoms with Gasteiger partial charge < -0.3 is 4.74 Å². The molecule has 0 bridgehead atoms. The van der Waals surface area contributed by atoms with Crippen molar-refractivity contribution in [1.29, 1.82) is 0 Å². The van der Waals surface area contributed by atoms with Crippen molar-refractivity contribution in [3.05, 3.63) is 35.4 Å². The Hall–Kier alpha value is -1.03. The van der Waals surface area contributed by atoms with Gasteiger partial charge in [0.05, 0.1) is 12.0 Å². The van der Waals surface area contributed by atoms with E-state index in [9.17, 15) is 13.2 Å². The van der Waals surface area contributed by atoms with Crippen molar-refractivity contribution in [1.82, 2.24) is 0 Å². The van der Waals surface area contributed by atoms with E-state index < -0.39 is 18.2 Å². The Morgan fingerprint density at radius 2 is 1.88 bits per heavy atom. The lowest BCUT2D eigenvalue weighted by Gasteiger charge is -2.30. The summed E-state index contributed by atoms with van der Waals surface area (Å²) in [7, 11) is 1.30. The van der Waals surface area contributed by atoms with E-state index in [0.717, 1.165) is 5.56 Å². The van der Waals surface area contributed by atoms with Crippen LogP contribution in [-0.4, -0.2) is 13.3 Å². The molecule has 0 saturated heterocycles. The smallest absolute Gasteiger partial charge is 0.373 e. The highest BCUT2D eigenvalue weighted by Crippen LogP contribution is 2.37.